The Morgan fingerprint density at radius 1 is 0.944 bits per heavy atom. The number of rotatable bonds is 10. The van der Waals surface area contributed by atoms with Crippen LogP contribution < -0.4 is 4.72 Å². The van der Waals surface area contributed by atoms with Gasteiger partial charge in [0.1, 0.15) is 0 Å². The van der Waals surface area contributed by atoms with E-state index < -0.39 is 10.0 Å². The number of carbonyl (C=O) groups excluding carboxylic acids is 1. The number of amides is 1. The number of hydrogen-bond donors (Lipinski definition) is 1. The normalized spacial score (nSPS) is 11.4. The summed E-state index contributed by atoms with van der Waals surface area (Å²) in [6.07, 6.45) is 3.11. The maximum Gasteiger partial charge on any atom is 0.261 e. The smallest absolute Gasteiger partial charge is 0.261 e. The topological polar surface area (TPSA) is 82.6 Å². The van der Waals surface area contributed by atoms with Gasteiger partial charge in [0.25, 0.3) is 15.9 Å². The Balaban J connectivity index is 1.41. The molecular weight excluding hydrogens is 472 g/mol. The molecule has 0 aliphatic rings. The van der Waals surface area contributed by atoms with E-state index in [1.54, 1.807) is 24.4 Å². The molecule has 3 aromatic carbocycles. The molecule has 0 aliphatic heterocycles. The number of pyridine rings is 1. The molecule has 0 spiro atoms. The molecule has 184 valence electrons. The van der Waals surface area contributed by atoms with Crippen LogP contribution in [0.5, 0.6) is 0 Å². The highest BCUT2D eigenvalue weighted by molar-refractivity contribution is 7.92. The van der Waals surface area contributed by atoms with Crippen molar-refractivity contribution in [1.82, 2.24) is 14.8 Å². The molecule has 8 heteroatoms. The van der Waals surface area contributed by atoms with Gasteiger partial charge in [-0.2, -0.15) is 0 Å². The van der Waals surface area contributed by atoms with Crippen LogP contribution in [0.1, 0.15) is 15.9 Å². The molecule has 36 heavy (non-hydrogen) atoms. The third kappa shape index (κ3) is 5.97. The molecule has 7 nitrogen and oxygen atoms in total. The van der Waals surface area contributed by atoms with Crippen LogP contribution in [-0.4, -0.2) is 49.2 Å². The SMILES string of the molecule is C=CN(CCN(C)Cc1ccccc1)C(=O)c1ccc(S(=O)(=O)Nc2cccc3cccnc23)cc1. The first-order valence-corrected chi connectivity index (χ1v) is 13.0. The molecule has 0 aliphatic carbocycles. The Morgan fingerprint density at radius 2 is 1.67 bits per heavy atom. The molecule has 0 unspecified atom stereocenters. The van der Waals surface area contributed by atoms with E-state index in [-0.39, 0.29) is 10.8 Å². The lowest BCUT2D eigenvalue weighted by Gasteiger charge is -2.23. The Labute approximate surface area is 211 Å². The van der Waals surface area contributed by atoms with Gasteiger partial charge in [-0.05, 0) is 55.2 Å². The quantitative estimate of drug-likeness (QED) is 0.340. The molecule has 4 rings (SSSR count). The van der Waals surface area contributed by atoms with Crippen molar-refractivity contribution in [2.45, 2.75) is 11.4 Å². The van der Waals surface area contributed by atoms with E-state index >= 15 is 0 Å². The summed E-state index contributed by atoms with van der Waals surface area (Å²) in [6, 6.07) is 25.0. The average Bonchev–Trinajstić information content (AvgIpc) is 2.89. The first kappa shape index (κ1) is 25.1. The van der Waals surface area contributed by atoms with Gasteiger partial charge in [0.05, 0.1) is 16.1 Å². The number of nitrogens with zero attached hydrogens (tertiary/aromatic N) is 3. The van der Waals surface area contributed by atoms with E-state index in [1.165, 1.54) is 40.9 Å². The Kier molecular flexibility index (Phi) is 7.77. The van der Waals surface area contributed by atoms with E-state index in [9.17, 15) is 13.2 Å². The zero-order chi connectivity index (χ0) is 25.5. The van der Waals surface area contributed by atoms with Crippen LogP contribution in [0.3, 0.4) is 0 Å². The third-order valence-electron chi connectivity index (χ3n) is 5.79. The number of nitrogens with one attached hydrogen (secondary N) is 1. The Morgan fingerprint density at radius 3 is 2.39 bits per heavy atom. The van der Waals surface area contributed by atoms with Gasteiger partial charge < -0.3 is 9.80 Å². The molecule has 1 amide bonds. The van der Waals surface area contributed by atoms with Crippen molar-refractivity contribution >= 4 is 32.5 Å². The number of anilines is 1. The fourth-order valence-electron chi connectivity index (χ4n) is 3.86. The highest BCUT2D eigenvalue weighted by Gasteiger charge is 2.19. The second kappa shape index (κ2) is 11.2. The lowest BCUT2D eigenvalue weighted by atomic mass is 10.2. The van der Waals surface area contributed by atoms with Crippen molar-refractivity contribution in [3.63, 3.8) is 0 Å². The summed E-state index contributed by atoms with van der Waals surface area (Å²) in [6.45, 7) is 5.66. The van der Waals surface area contributed by atoms with Crippen LogP contribution in [0.4, 0.5) is 5.69 Å². The molecule has 0 radical (unpaired) electrons. The van der Waals surface area contributed by atoms with Crippen LogP contribution in [0.15, 0.2) is 109 Å². The molecule has 0 saturated carbocycles. The predicted molar refractivity (Wildman–Crippen MR) is 143 cm³/mol. The number of benzene rings is 3. The van der Waals surface area contributed by atoms with Crippen molar-refractivity contribution in [2.75, 3.05) is 24.9 Å². The van der Waals surface area contributed by atoms with E-state index in [0.29, 0.717) is 29.9 Å². The predicted octanol–water partition coefficient (Wildman–Crippen LogP) is 4.75. The first-order chi connectivity index (χ1) is 17.4. The van der Waals surface area contributed by atoms with Gasteiger partial charge in [0.15, 0.2) is 0 Å². The van der Waals surface area contributed by atoms with Crippen LogP contribution in [0.2, 0.25) is 0 Å². The molecule has 1 heterocycles. The second-order valence-electron chi connectivity index (χ2n) is 8.42. The lowest BCUT2D eigenvalue weighted by Crippen LogP contribution is -2.33. The zero-order valence-corrected chi connectivity index (χ0v) is 20.9. The second-order valence-corrected chi connectivity index (χ2v) is 10.1. The third-order valence-corrected chi connectivity index (χ3v) is 7.17. The van der Waals surface area contributed by atoms with Crippen molar-refractivity contribution in [3.05, 3.63) is 115 Å². The maximum absolute atomic E-state index is 13.0. The largest absolute Gasteiger partial charge is 0.314 e. The fourth-order valence-corrected chi connectivity index (χ4v) is 4.93. The number of aromatic nitrogens is 1. The summed E-state index contributed by atoms with van der Waals surface area (Å²) in [5, 5.41) is 0.831. The van der Waals surface area contributed by atoms with Gasteiger partial charge in [-0.15, -0.1) is 0 Å². The lowest BCUT2D eigenvalue weighted by molar-refractivity contribution is 0.0811. The maximum atomic E-state index is 13.0. The zero-order valence-electron chi connectivity index (χ0n) is 20.0. The van der Waals surface area contributed by atoms with E-state index in [0.717, 1.165) is 11.9 Å². The number of hydrogen-bond acceptors (Lipinski definition) is 5. The summed E-state index contributed by atoms with van der Waals surface area (Å²) < 4.78 is 28.6. The molecular formula is C28H28N4O3S. The number of carbonyl (C=O) groups is 1. The summed E-state index contributed by atoms with van der Waals surface area (Å²) in [4.78, 5) is 21.0. The summed E-state index contributed by atoms with van der Waals surface area (Å²) in [5.74, 6) is -0.242. The van der Waals surface area contributed by atoms with Gasteiger partial charge in [-0.3, -0.25) is 14.5 Å². The molecule has 0 bridgehead atoms. The van der Waals surface area contributed by atoms with Gasteiger partial charge in [0.2, 0.25) is 0 Å². The van der Waals surface area contributed by atoms with Crippen molar-refractivity contribution in [2.24, 2.45) is 0 Å². The minimum Gasteiger partial charge on any atom is -0.314 e. The number of likely N-dealkylation sites (N-methyl/N-ethyl adjacent to an activating group) is 1. The number of sulfonamides is 1. The van der Waals surface area contributed by atoms with E-state index in [4.69, 9.17) is 0 Å². The molecule has 1 aromatic heterocycles. The molecule has 1 N–H and O–H groups in total. The Hall–Kier alpha value is -4.01. The minimum absolute atomic E-state index is 0.0553. The van der Waals surface area contributed by atoms with Crippen LogP contribution in [0.25, 0.3) is 10.9 Å². The van der Waals surface area contributed by atoms with Gasteiger partial charge >= 0.3 is 0 Å². The number of para-hydroxylation sites is 1. The molecule has 0 atom stereocenters. The highest BCUT2D eigenvalue weighted by Crippen LogP contribution is 2.24. The van der Waals surface area contributed by atoms with Crippen LogP contribution >= 0.6 is 0 Å². The van der Waals surface area contributed by atoms with Crippen molar-refractivity contribution in [3.8, 4) is 0 Å². The fraction of sp³-hybridized carbons (Fsp3) is 0.143. The van der Waals surface area contributed by atoms with Gasteiger partial charge in [-0.25, -0.2) is 8.42 Å². The van der Waals surface area contributed by atoms with Gasteiger partial charge in [-0.1, -0.05) is 55.1 Å². The monoisotopic (exact) mass is 500 g/mol. The van der Waals surface area contributed by atoms with E-state index in [2.05, 4.69) is 33.3 Å². The molecule has 0 saturated heterocycles. The summed E-state index contributed by atoms with van der Waals surface area (Å²) in [5.41, 5.74) is 2.53. The molecule has 4 aromatic rings. The Bertz CT molecular complexity index is 1450. The van der Waals surface area contributed by atoms with Crippen LogP contribution in [0, 0.1) is 0 Å². The summed E-state index contributed by atoms with van der Waals surface area (Å²) >= 11 is 0. The summed E-state index contributed by atoms with van der Waals surface area (Å²) in [7, 11) is -1.87. The molecule has 0 fully saturated rings. The standard InChI is InChI=1S/C28H28N4O3S/c1-3-32(20-19-31(2)21-22-9-5-4-6-10-22)28(33)24-14-16-25(17-15-24)36(34,35)30-26-13-7-11-23-12-8-18-29-27(23)26/h3-18,30H,1,19-21H2,2H3. The average molecular weight is 501 g/mol. The minimum atomic E-state index is -3.87. The van der Waals surface area contributed by atoms with E-state index in [1.807, 2.05) is 37.4 Å². The number of fused-ring (bicyclic) bond motifs is 1. The van der Waals surface area contributed by atoms with Crippen LogP contribution in [-0.2, 0) is 16.6 Å². The highest BCUT2D eigenvalue weighted by atomic mass is 32.2. The first-order valence-electron chi connectivity index (χ1n) is 11.5. The van der Waals surface area contributed by atoms with Crippen molar-refractivity contribution < 1.29 is 13.2 Å². The van der Waals surface area contributed by atoms with Crippen molar-refractivity contribution in [1.29, 1.82) is 0 Å². The van der Waals surface area contributed by atoms with Gasteiger partial charge in [0, 0.05) is 36.8 Å².